The number of ether oxygens (including phenoxy) is 2. The lowest BCUT2D eigenvalue weighted by molar-refractivity contribution is 0.405. The van der Waals surface area contributed by atoms with Crippen LogP contribution in [0.2, 0.25) is 0 Å². The second kappa shape index (κ2) is 16.6. The summed E-state index contributed by atoms with van der Waals surface area (Å²) in [5, 5.41) is 31.1. The van der Waals surface area contributed by atoms with Crippen molar-refractivity contribution in [3.05, 3.63) is 114 Å². The zero-order chi connectivity index (χ0) is 42.7. The fraction of sp³-hybridized carbons (Fsp3) is 0.0526. The number of nitrogens with zero attached hydrogens (tertiary/aromatic N) is 4. The summed E-state index contributed by atoms with van der Waals surface area (Å²) in [5.41, 5.74) is 6.33. The van der Waals surface area contributed by atoms with Crippen LogP contribution in [0.4, 0.5) is 39.8 Å². The predicted molar refractivity (Wildman–Crippen MR) is 219 cm³/mol. The number of rotatable bonds is 13. The number of nitrogens with one attached hydrogen (secondary N) is 1. The normalized spacial score (nSPS) is 12.5. The number of aromatic hydroxyl groups is 1. The number of phenolic OH excluding ortho intramolecular Hbond substituents is 1. The first-order valence-electron chi connectivity index (χ1n) is 16.7. The highest BCUT2D eigenvalue weighted by Crippen LogP contribution is 2.45. The summed E-state index contributed by atoms with van der Waals surface area (Å²) in [7, 11) is -11.9. The minimum atomic E-state index is -4.94. The van der Waals surface area contributed by atoms with E-state index in [9.17, 15) is 44.0 Å². The number of nitrogens with two attached hydrogens (primary N) is 1. The molecule has 6 aromatic carbocycles. The molecular weight excluding hydrogens is 829 g/mol. The first-order chi connectivity index (χ1) is 27.8. The lowest BCUT2D eigenvalue weighted by atomic mass is 10.1. The Morgan fingerprint density at radius 3 is 1.73 bits per heavy atom. The topological polar surface area (TPSA) is 289 Å². The highest BCUT2D eigenvalue weighted by atomic mass is 32.2. The highest BCUT2D eigenvalue weighted by Gasteiger charge is 2.23. The van der Waals surface area contributed by atoms with Gasteiger partial charge in [0.05, 0.1) is 19.9 Å². The minimum Gasteiger partial charge on any atom is -0.505 e. The molecule has 0 bridgehead atoms. The molecule has 0 saturated heterocycles. The zero-order valence-corrected chi connectivity index (χ0v) is 33.1. The van der Waals surface area contributed by atoms with Gasteiger partial charge in [-0.2, -0.15) is 30.4 Å². The third kappa shape index (κ3) is 9.69. The molecule has 0 spiro atoms. The van der Waals surface area contributed by atoms with Crippen molar-refractivity contribution in [1.29, 1.82) is 0 Å². The molecule has 18 nitrogen and oxygen atoms in total. The second-order valence-corrected chi connectivity index (χ2v) is 16.5. The van der Waals surface area contributed by atoms with E-state index >= 15 is 0 Å². The molecule has 0 fully saturated rings. The summed E-state index contributed by atoms with van der Waals surface area (Å²) >= 11 is 0. The molecule has 59 heavy (non-hydrogen) atoms. The number of nitrogen functional groups attached to an aromatic ring is 1. The van der Waals surface area contributed by atoms with E-state index in [1.807, 2.05) is 30.3 Å². The Morgan fingerprint density at radius 1 is 0.593 bits per heavy atom. The van der Waals surface area contributed by atoms with Crippen molar-refractivity contribution >= 4 is 93.1 Å². The number of phenols is 1. The van der Waals surface area contributed by atoms with Gasteiger partial charge in [-0.15, -0.1) is 15.3 Å². The summed E-state index contributed by atoms with van der Waals surface area (Å²) in [6, 6.07) is 25.0. The molecule has 0 aliphatic rings. The average molecular weight is 861 g/mol. The van der Waals surface area contributed by atoms with Gasteiger partial charge in [0.25, 0.3) is 30.4 Å². The van der Waals surface area contributed by atoms with Gasteiger partial charge in [0.15, 0.2) is 5.75 Å². The van der Waals surface area contributed by atoms with Crippen molar-refractivity contribution in [3.8, 4) is 17.2 Å². The summed E-state index contributed by atoms with van der Waals surface area (Å²) in [5.74, 6) is -0.535. The van der Waals surface area contributed by atoms with Crippen LogP contribution in [0.25, 0.3) is 22.9 Å². The standard InChI is InChI=1S/C38H32N6O12S3/c1-55-32-21-31(43-44-37-36(59(52,53)54)17-24-16-27(14-15-29(24)38(37)45)40-26-6-4-3-5-7-26)33(56-2)20-30(32)42-41-28-13-11-23(35(19-28)58(49,50)51)9-8-22-10-12-25(39)18-34(22)57(46,47)48/h3-21,40,45H,39H2,1-2H3,(H,46,47,48)(H,49,50,51)(H,52,53,54)/b9-8-,42-41?,44-43?. The summed E-state index contributed by atoms with van der Waals surface area (Å²) in [6.07, 6.45) is 2.40. The fourth-order valence-corrected chi connectivity index (χ4v) is 7.77. The number of para-hydroxylation sites is 1. The number of hydrogen-bond donors (Lipinski definition) is 6. The summed E-state index contributed by atoms with van der Waals surface area (Å²) in [4.78, 5) is -1.86. The molecular formula is C38H32N6O12S3. The van der Waals surface area contributed by atoms with Gasteiger partial charge in [0, 0.05) is 34.6 Å². The van der Waals surface area contributed by atoms with Crippen LogP contribution in [0.15, 0.2) is 138 Å². The maximum atomic E-state index is 12.5. The van der Waals surface area contributed by atoms with Crippen LogP contribution < -0.4 is 20.5 Å². The van der Waals surface area contributed by atoms with Gasteiger partial charge in [0.1, 0.15) is 43.2 Å². The molecule has 304 valence electrons. The van der Waals surface area contributed by atoms with E-state index in [4.69, 9.17) is 15.2 Å². The van der Waals surface area contributed by atoms with E-state index in [-0.39, 0.29) is 56.1 Å². The first kappa shape index (κ1) is 41.9. The van der Waals surface area contributed by atoms with Crippen LogP contribution in [0.1, 0.15) is 11.1 Å². The third-order valence-corrected chi connectivity index (χ3v) is 11.1. The van der Waals surface area contributed by atoms with Gasteiger partial charge in [-0.05, 0) is 77.2 Å². The lowest BCUT2D eigenvalue weighted by Gasteiger charge is -2.12. The fourth-order valence-electron chi connectivity index (χ4n) is 5.69. The maximum Gasteiger partial charge on any atom is 0.296 e. The van der Waals surface area contributed by atoms with Crippen molar-refractivity contribution in [2.24, 2.45) is 20.5 Å². The number of methoxy groups -OCH3 is 2. The highest BCUT2D eigenvalue weighted by molar-refractivity contribution is 7.86. The lowest BCUT2D eigenvalue weighted by Crippen LogP contribution is -2.02. The zero-order valence-electron chi connectivity index (χ0n) is 30.6. The molecule has 0 aliphatic heterocycles. The van der Waals surface area contributed by atoms with Crippen molar-refractivity contribution in [3.63, 3.8) is 0 Å². The molecule has 0 aliphatic carbocycles. The number of benzene rings is 6. The summed E-state index contributed by atoms with van der Waals surface area (Å²) in [6.45, 7) is 0. The molecule has 21 heteroatoms. The van der Waals surface area contributed by atoms with Gasteiger partial charge >= 0.3 is 0 Å². The Hall–Kier alpha value is -6.75. The Bertz CT molecular complexity index is 3050. The molecule has 6 rings (SSSR count). The molecule has 0 amide bonds. The van der Waals surface area contributed by atoms with Gasteiger partial charge in [-0.25, -0.2) is 0 Å². The van der Waals surface area contributed by atoms with E-state index in [1.165, 1.54) is 62.8 Å². The molecule has 0 radical (unpaired) electrons. The van der Waals surface area contributed by atoms with Crippen molar-refractivity contribution < 1.29 is 53.5 Å². The quantitative estimate of drug-likeness (QED) is 0.0274. The van der Waals surface area contributed by atoms with Crippen LogP contribution in [0.3, 0.4) is 0 Å². The van der Waals surface area contributed by atoms with E-state index in [0.29, 0.717) is 5.69 Å². The van der Waals surface area contributed by atoms with E-state index < -0.39 is 56.5 Å². The molecule has 0 aromatic heterocycles. The van der Waals surface area contributed by atoms with Crippen molar-refractivity contribution in [1.82, 2.24) is 0 Å². The monoisotopic (exact) mass is 860 g/mol. The second-order valence-electron chi connectivity index (χ2n) is 12.4. The number of azo groups is 2. The Morgan fingerprint density at radius 2 is 1.15 bits per heavy atom. The van der Waals surface area contributed by atoms with Crippen molar-refractivity contribution in [2.45, 2.75) is 14.7 Å². The number of anilines is 3. The van der Waals surface area contributed by atoms with Crippen LogP contribution in [-0.4, -0.2) is 58.2 Å². The predicted octanol–water partition coefficient (Wildman–Crippen LogP) is 8.63. The SMILES string of the molecule is COc1cc(N=Nc2c(S(=O)(=O)O)cc3cc(Nc4ccccc4)ccc3c2O)c(OC)cc1N=Nc1ccc(/C=C\c2ccc(N)cc2S(=O)(=O)O)c(S(=O)(=O)O)c1. The average Bonchev–Trinajstić information content (AvgIpc) is 3.18. The minimum absolute atomic E-state index is 0.0138. The summed E-state index contributed by atoms with van der Waals surface area (Å²) < 4.78 is 114. The van der Waals surface area contributed by atoms with Crippen LogP contribution >= 0.6 is 0 Å². The third-order valence-electron chi connectivity index (χ3n) is 8.44. The molecule has 0 atom stereocenters. The molecule has 6 aromatic rings. The molecule has 0 saturated carbocycles. The van der Waals surface area contributed by atoms with Gasteiger partial charge in [0.2, 0.25) is 0 Å². The van der Waals surface area contributed by atoms with E-state index in [2.05, 4.69) is 25.8 Å². The van der Waals surface area contributed by atoms with Crippen LogP contribution in [0, 0.1) is 0 Å². The van der Waals surface area contributed by atoms with E-state index in [1.54, 1.807) is 18.2 Å². The molecule has 7 N–H and O–H groups in total. The molecule has 0 unspecified atom stereocenters. The number of hydrogen-bond acceptors (Lipinski definition) is 15. The van der Waals surface area contributed by atoms with Crippen LogP contribution in [0.5, 0.6) is 17.2 Å². The van der Waals surface area contributed by atoms with E-state index in [0.717, 1.165) is 23.9 Å². The van der Waals surface area contributed by atoms with Gasteiger partial charge < -0.3 is 25.6 Å². The Kier molecular flexibility index (Phi) is 11.8. The Labute approximate surface area is 337 Å². The molecule has 0 heterocycles. The smallest absolute Gasteiger partial charge is 0.296 e. The Balaban J connectivity index is 1.33. The number of fused-ring (bicyclic) bond motifs is 1. The van der Waals surface area contributed by atoms with Gasteiger partial charge in [-0.3, -0.25) is 13.7 Å². The van der Waals surface area contributed by atoms with Crippen molar-refractivity contribution in [2.75, 3.05) is 25.3 Å². The van der Waals surface area contributed by atoms with Crippen LogP contribution in [-0.2, 0) is 30.4 Å². The van der Waals surface area contributed by atoms with Gasteiger partial charge in [-0.1, -0.05) is 42.5 Å². The largest absolute Gasteiger partial charge is 0.505 e. The first-order valence-corrected chi connectivity index (χ1v) is 21.0. The maximum absolute atomic E-state index is 12.5.